The summed E-state index contributed by atoms with van der Waals surface area (Å²) in [5, 5.41) is 2.80. The van der Waals surface area contributed by atoms with E-state index in [0.29, 0.717) is 6.54 Å². The maximum atomic E-state index is 11.1. The van der Waals surface area contributed by atoms with E-state index in [0.717, 1.165) is 19.6 Å². The zero-order valence-corrected chi connectivity index (χ0v) is 7.94. The van der Waals surface area contributed by atoms with Gasteiger partial charge in [-0.3, -0.25) is 14.7 Å². The lowest BCUT2D eigenvalue weighted by molar-refractivity contribution is -0.124. The van der Waals surface area contributed by atoms with Gasteiger partial charge >= 0.3 is 0 Å². The number of nitrogens with one attached hydrogen (secondary N) is 1. The van der Waals surface area contributed by atoms with Crippen LogP contribution in [0.1, 0.15) is 5.56 Å². The molecular formula is C10H13N3O. The molecule has 0 bridgehead atoms. The van der Waals surface area contributed by atoms with Gasteiger partial charge in [0.25, 0.3) is 0 Å². The molecule has 1 aliphatic heterocycles. The number of amides is 1. The highest BCUT2D eigenvalue weighted by molar-refractivity contribution is 5.78. The molecule has 0 aromatic carbocycles. The van der Waals surface area contributed by atoms with Crippen molar-refractivity contribution >= 4 is 5.91 Å². The van der Waals surface area contributed by atoms with Crippen molar-refractivity contribution in [3.05, 3.63) is 30.1 Å². The summed E-state index contributed by atoms with van der Waals surface area (Å²) < 4.78 is 0. The molecule has 0 atom stereocenters. The minimum atomic E-state index is 0.116. The average molecular weight is 191 g/mol. The highest BCUT2D eigenvalue weighted by atomic mass is 16.2. The molecule has 0 spiro atoms. The van der Waals surface area contributed by atoms with Crippen molar-refractivity contribution in [3.8, 4) is 0 Å². The number of piperazine rings is 1. The van der Waals surface area contributed by atoms with Crippen LogP contribution in [0.15, 0.2) is 24.5 Å². The topological polar surface area (TPSA) is 45.2 Å². The van der Waals surface area contributed by atoms with E-state index in [1.54, 1.807) is 12.4 Å². The summed E-state index contributed by atoms with van der Waals surface area (Å²) >= 11 is 0. The molecule has 14 heavy (non-hydrogen) atoms. The van der Waals surface area contributed by atoms with Crippen LogP contribution in [0, 0.1) is 0 Å². The van der Waals surface area contributed by atoms with E-state index < -0.39 is 0 Å². The maximum absolute atomic E-state index is 11.1. The normalized spacial score (nSPS) is 17.9. The number of hydrogen-bond donors (Lipinski definition) is 1. The third-order valence-electron chi connectivity index (χ3n) is 2.27. The van der Waals surface area contributed by atoms with Crippen molar-refractivity contribution in [2.75, 3.05) is 19.6 Å². The lowest BCUT2D eigenvalue weighted by atomic mass is 10.2. The van der Waals surface area contributed by atoms with Crippen LogP contribution in [-0.2, 0) is 11.3 Å². The molecular weight excluding hydrogens is 178 g/mol. The fourth-order valence-corrected chi connectivity index (χ4v) is 1.57. The van der Waals surface area contributed by atoms with Crippen LogP contribution in [0.25, 0.3) is 0 Å². The second kappa shape index (κ2) is 4.19. The van der Waals surface area contributed by atoms with Crippen molar-refractivity contribution in [1.29, 1.82) is 0 Å². The molecule has 0 aliphatic carbocycles. The summed E-state index contributed by atoms with van der Waals surface area (Å²) in [5.41, 5.74) is 1.20. The molecule has 1 aliphatic rings. The number of hydrogen-bond acceptors (Lipinski definition) is 3. The quantitative estimate of drug-likeness (QED) is 0.716. The van der Waals surface area contributed by atoms with Crippen LogP contribution < -0.4 is 5.32 Å². The highest BCUT2D eigenvalue weighted by Crippen LogP contribution is 2.03. The number of nitrogens with zero attached hydrogens (tertiary/aromatic N) is 2. The average Bonchev–Trinajstić information content (AvgIpc) is 2.19. The van der Waals surface area contributed by atoms with Crippen LogP contribution in [0.4, 0.5) is 0 Å². The molecule has 0 unspecified atom stereocenters. The molecule has 1 saturated heterocycles. The SMILES string of the molecule is O=C1CN(Cc2ccncc2)CCN1. The Morgan fingerprint density at radius 2 is 2.21 bits per heavy atom. The summed E-state index contributed by atoms with van der Waals surface area (Å²) in [4.78, 5) is 17.2. The van der Waals surface area contributed by atoms with Crippen molar-refractivity contribution < 1.29 is 4.79 Å². The molecule has 1 fully saturated rings. The Labute approximate surface area is 82.9 Å². The minimum Gasteiger partial charge on any atom is -0.354 e. The Morgan fingerprint density at radius 1 is 1.43 bits per heavy atom. The van der Waals surface area contributed by atoms with E-state index in [4.69, 9.17) is 0 Å². The summed E-state index contributed by atoms with van der Waals surface area (Å²) in [7, 11) is 0. The Bertz CT molecular complexity index is 312. The largest absolute Gasteiger partial charge is 0.354 e. The van der Waals surface area contributed by atoms with Gasteiger partial charge in [0.1, 0.15) is 0 Å². The first kappa shape index (κ1) is 9.15. The van der Waals surface area contributed by atoms with Gasteiger partial charge in [-0.05, 0) is 17.7 Å². The van der Waals surface area contributed by atoms with Crippen LogP contribution in [0.5, 0.6) is 0 Å². The third kappa shape index (κ3) is 2.29. The second-order valence-electron chi connectivity index (χ2n) is 3.42. The standard InChI is InChI=1S/C10H13N3O/c14-10-8-13(6-5-12-10)7-9-1-3-11-4-2-9/h1-4H,5-8H2,(H,12,14). The van der Waals surface area contributed by atoms with Gasteiger partial charge in [0.2, 0.25) is 5.91 Å². The molecule has 1 N–H and O–H groups in total. The fourth-order valence-electron chi connectivity index (χ4n) is 1.57. The molecule has 0 radical (unpaired) electrons. The lowest BCUT2D eigenvalue weighted by Gasteiger charge is -2.26. The first-order chi connectivity index (χ1) is 6.84. The summed E-state index contributed by atoms with van der Waals surface area (Å²) in [6, 6.07) is 3.96. The third-order valence-corrected chi connectivity index (χ3v) is 2.27. The summed E-state index contributed by atoms with van der Waals surface area (Å²) in [5.74, 6) is 0.116. The smallest absolute Gasteiger partial charge is 0.234 e. The Morgan fingerprint density at radius 3 is 2.93 bits per heavy atom. The van der Waals surface area contributed by atoms with E-state index in [1.165, 1.54) is 5.56 Å². The molecule has 74 valence electrons. The predicted molar refractivity (Wildman–Crippen MR) is 52.5 cm³/mol. The van der Waals surface area contributed by atoms with Crippen LogP contribution in [-0.4, -0.2) is 35.4 Å². The van der Waals surface area contributed by atoms with Gasteiger partial charge in [-0.1, -0.05) is 0 Å². The van der Waals surface area contributed by atoms with E-state index in [1.807, 2.05) is 12.1 Å². The van der Waals surface area contributed by atoms with Gasteiger partial charge in [0.15, 0.2) is 0 Å². The van der Waals surface area contributed by atoms with Gasteiger partial charge < -0.3 is 5.32 Å². The van der Waals surface area contributed by atoms with Crippen molar-refractivity contribution in [1.82, 2.24) is 15.2 Å². The zero-order valence-electron chi connectivity index (χ0n) is 7.94. The molecule has 1 amide bonds. The molecule has 4 nitrogen and oxygen atoms in total. The number of carbonyl (C=O) groups is 1. The number of rotatable bonds is 2. The summed E-state index contributed by atoms with van der Waals surface area (Å²) in [6.07, 6.45) is 3.55. The molecule has 0 saturated carbocycles. The Kier molecular flexibility index (Phi) is 2.74. The van der Waals surface area contributed by atoms with Gasteiger partial charge in [-0.25, -0.2) is 0 Å². The predicted octanol–water partition coefficient (Wildman–Crippen LogP) is 0.0134. The molecule has 4 heteroatoms. The van der Waals surface area contributed by atoms with Crippen molar-refractivity contribution in [3.63, 3.8) is 0 Å². The second-order valence-corrected chi connectivity index (χ2v) is 3.42. The molecule has 1 aromatic rings. The number of carbonyl (C=O) groups excluding carboxylic acids is 1. The van der Waals surface area contributed by atoms with E-state index >= 15 is 0 Å². The minimum absolute atomic E-state index is 0.116. The molecule has 1 aromatic heterocycles. The van der Waals surface area contributed by atoms with E-state index in [9.17, 15) is 4.79 Å². The molecule has 2 heterocycles. The molecule has 2 rings (SSSR count). The highest BCUT2D eigenvalue weighted by Gasteiger charge is 2.15. The zero-order chi connectivity index (χ0) is 9.80. The Hall–Kier alpha value is -1.42. The van der Waals surface area contributed by atoms with Gasteiger partial charge in [0.05, 0.1) is 6.54 Å². The van der Waals surface area contributed by atoms with E-state index in [-0.39, 0.29) is 5.91 Å². The first-order valence-corrected chi connectivity index (χ1v) is 4.72. The Balaban J connectivity index is 1.94. The van der Waals surface area contributed by atoms with Gasteiger partial charge in [-0.2, -0.15) is 0 Å². The number of aromatic nitrogens is 1. The van der Waals surface area contributed by atoms with Gasteiger partial charge in [0, 0.05) is 32.0 Å². The van der Waals surface area contributed by atoms with Crippen LogP contribution in [0.2, 0.25) is 0 Å². The monoisotopic (exact) mass is 191 g/mol. The first-order valence-electron chi connectivity index (χ1n) is 4.72. The number of pyridine rings is 1. The van der Waals surface area contributed by atoms with Crippen molar-refractivity contribution in [2.24, 2.45) is 0 Å². The van der Waals surface area contributed by atoms with Crippen LogP contribution >= 0.6 is 0 Å². The van der Waals surface area contributed by atoms with Crippen LogP contribution in [0.3, 0.4) is 0 Å². The van der Waals surface area contributed by atoms with Crippen molar-refractivity contribution in [2.45, 2.75) is 6.54 Å². The van der Waals surface area contributed by atoms with Gasteiger partial charge in [-0.15, -0.1) is 0 Å². The lowest BCUT2D eigenvalue weighted by Crippen LogP contribution is -2.47. The summed E-state index contributed by atoms with van der Waals surface area (Å²) in [6.45, 7) is 3.01. The maximum Gasteiger partial charge on any atom is 0.234 e. The fraction of sp³-hybridized carbons (Fsp3) is 0.400. The van der Waals surface area contributed by atoms with E-state index in [2.05, 4.69) is 15.2 Å².